The average Bonchev–Trinajstić information content (AvgIpc) is 2.80. The Balaban J connectivity index is 1.70. The molecule has 6 nitrogen and oxygen atoms in total. The Kier molecular flexibility index (Phi) is 7.49. The molecular formula is C23H31N3O3. The second-order valence-electron chi connectivity index (χ2n) is 7.20. The summed E-state index contributed by atoms with van der Waals surface area (Å²) in [4.78, 5) is 17.6. The highest BCUT2D eigenvalue weighted by Gasteiger charge is 2.25. The van der Waals surface area contributed by atoms with Crippen molar-refractivity contribution in [3.8, 4) is 11.5 Å². The highest BCUT2D eigenvalue weighted by molar-refractivity contribution is 5.94. The Morgan fingerprint density at radius 1 is 0.931 bits per heavy atom. The van der Waals surface area contributed by atoms with Gasteiger partial charge in [0.1, 0.15) is 11.5 Å². The number of likely N-dealkylation sites (N-methyl/N-ethyl adjacent to an activating group) is 1. The van der Waals surface area contributed by atoms with Crippen molar-refractivity contribution in [2.45, 2.75) is 13.0 Å². The van der Waals surface area contributed by atoms with E-state index in [1.807, 2.05) is 12.1 Å². The fourth-order valence-electron chi connectivity index (χ4n) is 3.71. The van der Waals surface area contributed by atoms with Crippen LogP contribution in [0.3, 0.4) is 0 Å². The van der Waals surface area contributed by atoms with E-state index in [0.29, 0.717) is 12.1 Å². The van der Waals surface area contributed by atoms with Crippen molar-refractivity contribution in [2.24, 2.45) is 0 Å². The Labute approximate surface area is 173 Å². The van der Waals surface area contributed by atoms with Gasteiger partial charge in [-0.15, -0.1) is 0 Å². The number of hydrogen-bond acceptors (Lipinski definition) is 5. The Morgan fingerprint density at radius 3 is 2.00 bits per heavy atom. The molecule has 1 unspecified atom stereocenters. The van der Waals surface area contributed by atoms with Crippen molar-refractivity contribution in [1.82, 2.24) is 15.1 Å². The van der Waals surface area contributed by atoms with E-state index in [1.54, 1.807) is 38.5 Å². The van der Waals surface area contributed by atoms with Gasteiger partial charge in [0.15, 0.2) is 0 Å². The summed E-state index contributed by atoms with van der Waals surface area (Å²) in [5.74, 6) is 1.51. The molecule has 29 heavy (non-hydrogen) atoms. The van der Waals surface area contributed by atoms with Gasteiger partial charge in [0.2, 0.25) is 0 Å². The van der Waals surface area contributed by atoms with E-state index in [9.17, 15) is 4.79 Å². The van der Waals surface area contributed by atoms with Gasteiger partial charge in [0.25, 0.3) is 5.91 Å². The van der Waals surface area contributed by atoms with Crippen LogP contribution in [0.2, 0.25) is 0 Å². The van der Waals surface area contributed by atoms with Crippen LogP contribution < -0.4 is 14.8 Å². The Hall–Kier alpha value is -2.57. The molecule has 1 saturated heterocycles. The SMILES string of the molecule is CCN1CCN(C(CNC(=O)c2ccc(OC)cc2)c2ccc(OC)cc2)CC1. The minimum Gasteiger partial charge on any atom is -0.497 e. The number of carbonyl (C=O) groups is 1. The Bertz CT molecular complexity index is 769. The zero-order chi connectivity index (χ0) is 20.6. The zero-order valence-corrected chi connectivity index (χ0v) is 17.6. The molecule has 3 rings (SSSR count). The molecule has 2 aromatic carbocycles. The van der Waals surface area contributed by atoms with Crippen molar-refractivity contribution in [1.29, 1.82) is 0 Å². The molecule has 1 amide bonds. The highest BCUT2D eigenvalue weighted by atomic mass is 16.5. The number of benzene rings is 2. The van der Waals surface area contributed by atoms with Crippen molar-refractivity contribution in [3.05, 3.63) is 59.7 Å². The lowest BCUT2D eigenvalue weighted by Crippen LogP contribution is -2.49. The first kappa shape index (κ1) is 21.1. The van der Waals surface area contributed by atoms with E-state index in [1.165, 1.54) is 5.56 Å². The van der Waals surface area contributed by atoms with Gasteiger partial charge in [-0.1, -0.05) is 19.1 Å². The number of amides is 1. The van der Waals surface area contributed by atoms with Crippen LogP contribution in [0.15, 0.2) is 48.5 Å². The molecule has 0 aliphatic carbocycles. The van der Waals surface area contributed by atoms with Crippen molar-refractivity contribution >= 4 is 5.91 Å². The summed E-state index contributed by atoms with van der Waals surface area (Å²) in [7, 11) is 3.29. The molecule has 6 heteroatoms. The number of nitrogens with zero attached hydrogens (tertiary/aromatic N) is 2. The molecule has 0 bridgehead atoms. The quantitative estimate of drug-likeness (QED) is 0.742. The standard InChI is InChI=1S/C23H31N3O3/c1-4-25-13-15-26(16-14-25)22(18-5-9-20(28-2)10-6-18)17-24-23(27)19-7-11-21(29-3)12-8-19/h5-12,22H,4,13-17H2,1-3H3,(H,24,27). The summed E-state index contributed by atoms with van der Waals surface area (Å²) < 4.78 is 10.5. The maximum atomic E-state index is 12.7. The van der Waals surface area contributed by atoms with E-state index in [2.05, 4.69) is 34.2 Å². The Morgan fingerprint density at radius 2 is 1.48 bits per heavy atom. The number of nitrogens with one attached hydrogen (secondary N) is 1. The molecular weight excluding hydrogens is 366 g/mol. The van der Waals surface area contributed by atoms with Gasteiger partial charge in [-0.05, 0) is 48.5 Å². The molecule has 156 valence electrons. The third-order valence-corrected chi connectivity index (χ3v) is 5.60. The topological polar surface area (TPSA) is 54.0 Å². The van der Waals surface area contributed by atoms with Crippen LogP contribution in [0, 0.1) is 0 Å². The molecule has 0 aromatic heterocycles. The van der Waals surface area contributed by atoms with Gasteiger partial charge in [-0.3, -0.25) is 9.69 Å². The molecule has 0 radical (unpaired) electrons. The van der Waals surface area contributed by atoms with Crippen molar-refractivity contribution in [3.63, 3.8) is 0 Å². The van der Waals surface area contributed by atoms with E-state index in [-0.39, 0.29) is 11.9 Å². The van der Waals surface area contributed by atoms with Gasteiger partial charge in [-0.25, -0.2) is 0 Å². The molecule has 1 fully saturated rings. The minimum atomic E-state index is -0.0710. The first-order valence-corrected chi connectivity index (χ1v) is 10.2. The third-order valence-electron chi connectivity index (χ3n) is 5.60. The first-order chi connectivity index (χ1) is 14.1. The molecule has 1 aliphatic rings. The van der Waals surface area contributed by atoms with E-state index in [4.69, 9.17) is 9.47 Å². The normalized spacial score (nSPS) is 16.2. The molecule has 1 atom stereocenters. The summed E-state index contributed by atoms with van der Waals surface area (Å²) in [6, 6.07) is 15.5. The van der Waals surface area contributed by atoms with E-state index >= 15 is 0 Å². The predicted molar refractivity (Wildman–Crippen MR) is 115 cm³/mol. The molecule has 1 heterocycles. The van der Waals surface area contributed by atoms with Gasteiger partial charge in [-0.2, -0.15) is 0 Å². The van der Waals surface area contributed by atoms with Crippen LogP contribution >= 0.6 is 0 Å². The number of hydrogen-bond donors (Lipinski definition) is 1. The van der Waals surface area contributed by atoms with Gasteiger partial charge < -0.3 is 19.7 Å². The monoisotopic (exact) mass is 397 g/mol. The van der Waals surface area contributed by atoms with Crippen LogP contribution in [0.5, 0.6) is 11.5 Å². The molecule has 0 spiro atoms. The molecule has 0 saturated carbocycles. The largest absolute Gasteiger partial charge is 0.497 e. The lowest BCUT2D eigenvalue weighted by molar-refractivity contribution is 0.0855. The zero-order valence-electron chi connectivity index (χ0n) is 17.6. The van der Waals surface area contributed by atoms with Gasteiger partial charge in [0, 0.05) is 38.3 Å². The van der Waals surface area contributed by atoms with Crippen LogP contribution in [-0.4, -0.2) is 69.2 Å². The van der Waals surface area contributed by atoms with Crippen molar-refractivity contribution < 1.29 is 14.3 Å². The lowest BCUT2D eigenvalue weighted by atomic mass is 10.0. The van der Waals surface area contributed by atoms with Crippen molar-refractivity contribution in [2.75, 3.05) is 53.5 Å². The third kappa shape index (κ3) is 5.49. The molecule has 2 aromatic rings. The summed E-state index contributed by atoms with van der Waals surface area (Å²) in [5, 5.41) is 3.12. The smallest absolute Gasteiger partial charge is 0.251 e. The van der Waals surface area contributed by atoms with Gasteiger partial charge in [0.05, 0.1) is 20.3 Å². The van der Waals surface area contributed by atoms with Crippen LogP contribution in [0.4, 0.5) is 0 Å². The summed E-state index contributed by atoms with van der Waals surface area (Å²) in [6.07, 6.45) is 0. The highest BCUT2D eigenvalue weighted by Crippen LogP contribution is 2.24. The van der Waals surface area contributed by atoms with E-state index < -0.39 is 0 Å². The summed E-state index contributed by atoms with van der Waals surface area (Å²) >= 11 is 0. The summed E-state index contributed by atoms with van der Waals surface area (Å²) in [6.45, 7) is 7.92. The van der Waals surface area contributed by atoms with E-state index in [0.717, 1.165) is 44.2 Å². The summed E-state index contributed by atoms with van der Waals surface area (Å²) in [5.41, 5.74) is 1.82. The number of rotatable bonds is 8. The molecule has 1 N–H and O–H groups in total. The second-order valence-corrected chi connectivity index (χ2v) is 7.20. The average molecular weight is 398 g/mol. The first-order valence-electron chi connectivity index (χ1n) is 10.2. The number of ether oxygens (including phenoxy) is 2. The lowest BCUT2D eigenvalue weighted by Gasteiger charge is -2.39. The minimum absolute atomic E-state index is 0.0710. The van der Waals surface area contributed by atoms with Gasteiger partial charge >= 0.3 is 0 Å². The fourth-order valence-corrected chi connectivity index (χ4v) is 3.71. The fraction of sp³-hybridized carbons (Fsp3) is 0.435. The number of methoxy groups -OCH3 is 2. The predicted octanol–water partition coefficient (Wildman–Crippen LogP) is 2.81. The number of piperazine rings is 1. The van der Waals surface area contributed by atoms with Crippen LogP contribution in [0.25, 0.3) is 0 Å². The van der Waals surface area contributed by atoms with Crippen LogP contribution in [-0.2, 0) is 0 Å². The number of carbonyl (C=O) groups excluding carboxylic acids is 1. The van der Waals surface area contributed by atoms with Crippen LogP contribution in [0.1, 0.15) is 28.9 Å². The second kappa shape index (κ2) is 10.3. The maximum Gasteiger partial charge on any atom is 0.251 e. The molecule has 1 aliphatic heterocycles. The maximum absolute atomic E-state index is 12.7.